The number of amides is 2. The zero-order valence-corrected chi connectivity index (χ0v) is 11.6. The van der Waals surface area contributed by atoms with E-state index in [0.717, 1.165) is 25.3 Å². The van der Waals surface area contributed by atoms with Crippen molar-refractivity contribution in [2.24, 2.45) is 5.41 Å². The number of aromatic nitrogens is 1. The minimum Gasteiger partial charge on any atom is -0.490 e. The van der Waals surface area contributed by atoms with Crippen molar-refractivity contribution in [2.75, 3.05) is 26.2 Å². The average molecular weight is 263 g/mol. The summed E-state index contributed by atoms with van der Waals surface area (Å²) >= 11 is 0. The van der Waals surface area contributed by atoms with E-state index in [1.165, 1.54) is 0 Å². The van der Waals surface area contributed by atoms with E-state index in [-0.39, 0.29) is 11.4 Å². The summed E-state index contributed by atoms with van der Waals surface area (Å²) in [6, 6.07) is 3.67. The third-order valence-corrected chi connectivity index (χ3v) is 3.25. The van der Waals surface area contributed by atoms with Crippen molar-refractivity contribution in [2.45, 2.75) is 20.3 Å². The molecule has 2 rings (SSSR count). The van der Waals surface area contributed by atoms with Gasteiger partial charge in [0.1, 0.15) is 12.4 Å². The second kappa shape index (κ2) is 5.91. The molecule has 0 aliphatic carbocycles. The predicted octanol–water partition coefficient (Wildman–Crippen LogP) is 1.90. The van der Waals surface area contributed by atoms with Gasteiger partial charge in [-0.3, -0.25) is 4.98 Å². The Morgan fingerprint density at radius 3 is 3.05 bits per heavy atom. The van der Waals surface area contributed by atoms with Crippen LogP contribution in [0.15, 0.2) is 24.5 Å². The molecule has 0 atom stereocenters. The number of urea groups is 1. The maximum atomic E-state index is 11.9. The van der Waals surface area contributed by atoms with Crippen molar-refractivity contribution in [3.05, 3.63) is 24.5 Å². The lowest BCUT2D eigenvalue weighted by Crippen LogP contribution is -2.40. The molecule has 0 saturated carbocycles. The normalized spacial score (nSPS) is 17.3. The number of carbonyl (C=O) groups excluding carboxylic acids is 1. The molecule has 0 aromatic carbocycles. The first-order valence-corrected chi connectivity index (χ1v) is 6.62. The predicted molar refractivity (Wildman–Crippen MR) is 73.1 cm³/mol. The van der Waals surface area contributed by atoms with E-state index in [1.54, 1.807) is 12.4 Å². The van der Waals surface area contributed by atoms with Gasteiger partial charge >= 0.3 is 6.03 Å². The fraction of sp³-hybridized carbons (Fsp3) is 0.571. The van der Waals surface area contributed by atoms with E-state index in [2.05, 4.69) is 24.1 Å². The Bertz CT molecular complexity index is 420. The van der Waals surface area contributed by atoms with Gasteiger partial charge in [-0.15, -0.1) is 0 Å². The number of nitrogens with zero attached hydrogens (tertiary/aromatic N) is 2. The molecule has 1 saturated heterocycles. The largest absolute Gasteiger partial charge is 0.490 e. The molecule has 1 fully saturated rings. The van der Waals surface area contributed by atoms with Gasteiger partial charge in [0.15, 0.2) is 0 Å². The van der Waals surface area contributed by atoms with Crippen LogP contribution in [0.25, 0.3) is 0 Å². The maximum Gasteiger partial charge on any atom is 0.317 e. The Kier molecular flexibility index (Phi) is 4.24. The van der Waals surface area contributed by atoms with Crippen molar-refractivity contribution in [1.82, 2.24) is 15.2 Å². The Morgan fingerprint density at radius 1 is 1.58 bits per heavy atom. The molecule has 1 aromatic heterocycles. The highest BCUT2D eigenvalue weighted by Gasteiger charge is 2.31. The van der Waals surface area contributed by atoms with Gasteiger partial charge in [0.25, 0.3) is 0 Å². The summed E-state index contributed by atoms with van der Waals surface area (Å²) in [5.41, 5.74) is 0.240. The molecule has 5 nitrogen and oxygen atoms in total. The smallest absolute Gasteiger partial charge is 0.317 e. The van der Waals surface area contributed by atoms with Gasteiger partial charge in [0, 0.05) is 19.3 Å². The number of nitrogens with one attached hydrogen (secondary N) is 1. The number of ether oxygens (including phenoxy) is 1. The van der Waals surface area contributed by atoms with Gasteiger partial charge in [-0.25, -0.2) is 4.79 Å². The lowest BCUT2D eigenvalue weighted by molar-refractivity contribution is 0.200. The average Bonchev–Trinajstić information content (AvgIpc) is 2.76. The molecular formula is C14H21N3O2. The first-order chi connectivity index (χ1) is 9.07. The molecule has 1 N–H and O–H groups in total. The molecule has 0 unspecified atom stereocenters. The van der Waals surface area contributed by atoms with Crippen LogP contribution in [0.3, 0.4) is 0 Å². The minimum absolute atomic E-state index is 0.000335. The highest BCUT2D eigenvalue weighted by atomic mass is 16.5. The van der Waals surface area contributed by atoms with Crippen molar-refractivity contribution < 1.29 is 9.53 Å². The Labute approximate surface area is 114 Å². The number of hydrogen-bond donors (Lipinski definition) is 1. The summed E-state index contributed by atoms with van der Waals surface area (Å²) in [7, 11) is 0. The van der Waals surface area contributed by atoms with Crippen LogP contribution in [-0.4, -0.2) is 42.2 Å². The van der Waals surface area contributed by atoms with Gasteiger partial charge in [0.2, 0.25) is 0 Å². The van der Waals surface area contributed by atoms with E-state index in [1.807, 2.05) is 17.0 Å². The van der Waals surface area contributed by atoms with Crippen LogP contribution in [0.2, 0.25) is 0 Å². The van der Waals surface area contributed by atoms with Crippen LogP contribution in [0.4, 0.5) is 4.79 Å². The van der Waals surface area contributed by atoms with Crippen LogP contribution in [0, 0.1) is 5.41 Å². The number of carbonyl (C=O) groups is 1. The quantitative estimate of drug-likeness (QED) is 0.844. The highest BCUT2D eigenvalue weighted by molar-refractivity contribution is 5.74. The van der Waals surface area contributed by atoms with Crippen molar-refractivity contribution in [3.63, 3.8) is 0 Å². The summed E-state index contributed by atoms with van der Waals surface area (Å²) in [5, 5.41) is 2.87. The second-order valence-electron chi connectivity index (χ2n) is 5.60. The zero-order valence-electron chi connectivity index (χ0n) is 11.6. The molecule has 104 valence electrons. The van der Waals surface area contributed by atoms with Crippen LogP contribution in [0.1, 0.15) is 20.3 Å². The van der Waals surface area contributed by atoms with Crippen molar-refractivity contribution in [3.8, 4) is 5.75 Å². The topological polar surface area (TPSA) is 54.5 Å². The summed E-state index contributed by atoms with van der Waals surface area (Å²) in [4.78, 5) is 17.7. The first-order valence-electron chi connectivity index (χ1n) is 6.62. The highest BCUT2D eigenvalue weighted by Crippen LogP contribution is 2.28. The summed E-state index contributed by atoms with van der Waals surface area (Å²) in [6.07, 6.45) is 4.42. The van der Waals surface area contributed by atoms with Crippen LogP contribution in [-0.2, 0) is 0 Å². The zero-order chi connectivity index (χ0) is 13.7. The molecule has 1 aromatic rings. The van der Waals surface area contributed by atoms with E-state index in [4.69, 9.17) is 4.74 Å². The Morgan fingerprint density at radius 2 is 2.42 bits per heavy atom. The molecule has 19 heavy (non-hydrogen) atoms. The van der Waals surface area contributed by atoms with Crippen molar-refractivity contribution >= 4 is 6.03 Å². The summed E-state index contributed by atoms with van der Waals surface area (Å²) in [5.74, 6) is 0.721. The van der Waals surface area contributed by atoms with Crippen LogP contribution >= 0.6 is 0 Å². The fourth-order valence-electron chi connectivity index (χ4n) is 2.16. The Balaban J connectivity index is 1.65. The third kappa shape index (κ3) is 4.12. The maximum absolute atomic E-state index is 11.9. The monoisotopic (exact) mass is 263 g/mol. The van der Waals surface area contributed by atoms with E-state index in [9.17, 15) is 4.79 Å². The molecule has 2 heterocycles. The number of pyridine rings is 1. The van der Waals surface area contributed by atoms with Gasteiger partial charge in [0.05, 0.1) is 12.7 Å². The third-order valence-electron chi connectivity index (χ3n) is 3.25. The molecule has 5 heteroatoms. The molecule has 0 radical (unpaired) electrons. The number of likely N-dealkylation sites (tertiary alicyclic amines) is 1. The Hall–Kier alpha value is -1.78. The number of rotatable bonds is 4. The fourth-order valence-corrected chi connectivity index (χ4v) is 2.16. The van der Waals surface area contributed by atoms with Crippen LogP contribution < -0.4 is 10.1 Å². The molecule has 1 aliphatic rings. The molecule has 0 bridgehead atoms. The molecular weight excluding hydrogens is 242 g/mol. The lowest BCUT2D eigenvalue weighted by atomic mass is 9.93. The van der Waals surface area contributed by atoms with E-state index in [0.29, 0.717) is 13.2 Å². The van der Waals surface area contributed by atoms with Crippen molar-refractivity contribution in [1.29, 1.82) is 0 Å². The summed E-state index contributed by atoms with van der Waals surface area (Å²) < 4.78 is 5.46. The molecule has 2 amide bonds. The lowest BCUT2D eigenvalue weighted by Gasteiger charge is -2.20. The van der Waals surface area contributed by atoms with E-state index >= 15 is 0 Å². The van der Waals surface area contributed by atoms with E-state index < -0.39 is 0 Å². The second-order valence-corrected chi connectivity index (χ2v) is 5.60. The van der Waals surface area contributed by atoms with Crippen LogP contribution in [0.5, 0.6) is 5.75 Å². The standard InChI is InChI=1S/C14H21N3O2/c1-14(2)5-8-17(11-14)13(18)16-7-9-19-12-4-3-6-15-10-12/h3-4,6,10H,5,7-9,11H2,1-2H3,(H,16,18). The minimum atomic E-state index is 0.000335. The number of hydrogen-bond acceptors (Lipinski definition) is 3. The van der Waals surface area contributed by atoms with Gasteiger partial charge in [-0.05, 0) is 24.0 Å². The first kappa shape index (κ1) is 13.6. The SMILES string of the molecule is CC1(C)CCN(C(=O)NCCOc2cccnc2)C1. The summed E-state index contributed by atoms with van der Waals surface area (Å²) in [6.45, 7) is 6.99. The van der Waals surface area contributed by atoms with Gasteiger partial charge < -0.3 is 15.0 Å². The molecule has 1 aliphatic heterocycles. The van der Waals surface area contributed by atoms with Gasteiger partial charge in [-0.2, -0.15) is 0 Å². The molecule has 0 spiro atoms. The van der Waals surface area contributed by atoms with Gasteiger partial charge in [-0.1, -0.05) is 13.8 Å².